The Bertz CT molecular complexity index is 2250. The topological polar surface area (TPSA) is 192 Å². The lowest BCUT2D eigenvalue weighted by Crippen LogP contribution is -2.66. The lowest BCUT2D eigenvalue weighted by Gasteiger charge is -2.45. The van der Waals surface area contributed by atoms with E-state index in [1.165, 1.54) is 97.8 Å². The number of hydrogen-bond donors (Lipinski definition) is 1. The summed E-state index contributed by atoms with van der Waals surface area (Å²) in [7, 11) is 0. The number of benzene rings is 3. The van der Waals surface area contributed by atoms with Crippen LogP contribution in [0.5, 0.6) is 0 Å². The van der Waals surface area contributed by atoms with Crippen LogP contribution in [0.25, 0.3) is 0 Å². The molecule has 0 aliphatic carbocycles. The van der Waals surface area contributed by atoms with Gasteiger partial charge in [0.05, 0.1) is 51.7 Å². The molecule has 16 heteroatoms. The highest BCUT2D eigenvalue weighted by Crippen LogP contribution is 2.29. The van der Waals surface area contributed by atoms with Crippen LogP contribution in [0.15, 0.2) is 91.0 Å². The summed E-state index contributed by atoms with van der Waals surface area (Å²) in [5.74, 6) is -2.77. The number of unbranched alkanes of at least 4 members (excludes halogenated alkanes) is 16. The van der Waals surface area contributed by atoms with Crippen LogP contribution in [0.3, 0.4) is 0 Å². The molecule has 7 atom stereocenters. The third kappa shape index (κ3) is 32.2. The highest BCUT2D eigenvalue weighted by atomic mass is 16.7. The molecular formula is C68H102N2O14. The first kappa shape index (κ1) is 71.1. The Balaban J connectivity index is 1.50. The van der Waals surface area contributed by atoms with E-state index in [4.69, 9.17) is 37.9 Å². The number of hydrogen-bond acceptors (Lipinski definition) is 16. The van der Waals surface area contributed by atoms with E-state index < -0.39 is 54.5 Å². The number of nitrogens with one attached hydrogen (secondary N) is 1. The molecule has 0 saturated carbocycles. The lowest BCUT2D eigenvalue weighted by molar-refractivity contribution is -0.278. The normalized spacial score (nSPS) is 17.5. The maximum Gasteiger partial charge on any atom is 0.320 e. The van der Waals surface area contributed by atoms with E-state index in [0.717, 1.165) is 61.6 Å². The summed E-state index contributed by atoms with van der Waals surface area (Å²) < 4.78 is 48.5. The van der Waals surface area contributed by atoms with Crippen LogP contribution in [0.1, 0.15) is 199 Å². The van der Waals surface area contributed by atoms with Gasteiger partial charge in [-0.25, -0.2) is 0 Å². The minimum Gasteiger partial charge on any atom is -0.463 e. The third-order valence-corrected chi connectivity index (χ3v) is 15.0. The molecule has 1 aliphatic rings. The summed E-state index contributed by atoms with van der Waals surface area (Å²) >= 11 is 0. The predicted molar refractivity (Wildman–Crippen MR) is 324 cm³/mol. The minimum atomic E-state index is -1.27. The van der Waals surface area contributed by atoms with Gasteiger partial charge in [-0.05, 0) is 36.0 Å². The lowest BCUT2D eigenvalue weighted by atomic mass is 9.95. The highest BCUT2D eigenvalue weighted by Gasteiger charge is 2.51. The standard InChI is InChI=1S/C68H102N2O14/c1-6-8-10-12-14-16-18-20-31-40-61(79-49-56-34-25-22-26-35-56)44-59(74)46-69-65-67(83-55(5)73)66(82-54(4)72)63(52-78-53(3)71)84-68(65)77-43-33-42-70(48-64(76)81-51-58-38-29-24-30-39-58)47-60(75)45-62(80-50-57-36-27-23-28-37-57)41-32-21-19-17-15-13-11-9-7-2/h22-30,34-39,61-63,65-69H,6-21,31-33,40-52H2,1-5H3/t61-,62-,63-,65-,66-,67-,68-/m1/s1. The third-order valence-electron chi connectivity index (χ3n) is 15.0. The molecule has 0 aromatic heterocycles. The van der Waals surface area contributed by atoms with E-state index in [1.54, 1.807) is 4.90 Å². The van der Waals surface area contributed by atoms with Crippen LogP contribution >= 0.6 is 0 Å². The van der Waals surface area contributed by atoms with Crippen molar-refractivity contribution < 1.29 is 66.7 Å². The molecule has 3 aromatic carbocycles. The number of ether oxygens (including phenoxy) is 8. The Morgan fingerprint density at radius 1 is 0.512 bits per heavy atom. The molecule has 1 heterocycles. The Morgan fingerprint density at radius 3 is 1.44 bits per heavy atom. The SMILES string of the molecule is CCCCCCCCCCC[C@H](CC(=O)CN[C@H]1[C@H](OCCCN(CC(=O)C[C@@H](CCCCCCCCCCC)OCc2ccccc2)CC(=O)OCc2ccccc2)O[C@H](COC(C)=O)[C@@H](OC(C)=O)[C@@H]1OC(C)=O)OCc1ccccc1. The van der Waals surface area contributed by atoms with Gasteiger partial charge < -0.3 is 37.9 Å². The van der Waals surface area contributed by atoms with Crippen molar-refractivity contribution in [2.24, 2.45) is 0 Å². The Morgan fingerprint density at radius 2 is 0.964 bits per heavy atom. The highest BCUT2D eigenvalue weighted by molar-refractivity contribution is 5.82. The Kier molecular flexibility index (Phi) is 37.4. The van der Waals surface area contributed by atoms with E-state index in [1.807, 2.05) is 91.0 Å². The van der Waals surface area contributed by atoms with Crippen molar-refractivity contribution in [1.82, 2.24) is 10.2 Å². The maximum absolute atomic E-state index is 14.1. The maximum atomic E-state index is 14.1. The summed E-state index contributed by atoms with van der Waals surface area (Å²) in [6.07, 6.45) is 17.5. The summed E-state index contributed by atoms with van der Waals surface area (Å²) in [6, 6.07) is 28.0. The smallest absolute Gasteiger partial charge is 0.320 e. The van der Waals surface area contributed by atoms with Gasteiger partial charge in [-0.15, -0.1) is 0 Å². The van der Waals surface area contributed by atoms with Crippen molar-refractivity contribution >= 4 is 35.4 Å². The molecule has 0 amide bonds. The number of carbonyl (C=O) groups is 6. The number of carbonyl (C=O) groups excluding carboxylic acids is 6. The second kappa shape index (κ2) is 44.1. The van der Waals surface area contributed by atoms with Crippen LogP contribution < -0.4 is 5.32 Å². The van der Waals surface area contributed by atoms with Crippen LogP contribution in [-0.2, 0) is 86.5 Å². The first-order valence-electron chi connectivity index (χ1n) is 31.6. The van der Waals surface area contributed by atoms with E-state index in [0.29, 0.717) is 19.6 Å². The first-order valence-corrected chi connectivity index (χ1v) is 31.6. The molecule has 16 nitrogen and oxygen atoms in total. The van der Waals surface area contributed by atoms with Crippen LogP contribution in [0, 0.1) is 0 Å². The largest absolute Gasteiger partial charge is 0.463 e. The molecule has 1 N–H and O–H groups in total. The summed E-state index contributed by atoms with van der Waals surface area (Å²) in [6.45, 7) is 8.34. The van der Waals surface area contributed by atoms with Crippen molar-refractivity contribution in [3.05, 3.63) is 108 Å². The fourth-order valence-electron chi connectivity index (χ4n) is 10.5. The van der Waals surface area contributed by atoms with E-state index in [2.05, 4.69) is 19.2 Å². The molecule has 0 unspecified atom stereocenters. The second-order valence-corrected chi connectivity index (χ2v) is 22.5. The molecular weight excluding hydrogens is 1070 g/mol. The van der Waals surface area contributed by atoms with Gasteiger partial charge in [-0.1, -0.05) is 220 Å². The van der Waals surface area contributed by atoms with Crippen molar-refractivity contribution in [2.75, 3.05) is 39.4 Å². The predicted octanol–water partition coefficient (Wildman–Crippen LogP) is 12.5. The van der Waals surface area contributed by atoms with Gasteiger partial charge in [-0.2, -0.15) is 0 Å². The molecule has 3 aromatic rings. The number of ketones is 2. The van der Waals surface area contributed by atoms with Gasteiger partial charge in [0.15, 0.2) is 18.5 Å². The fourth-order valence-corrected chi connectivity index (χ4v) is 10.5. The zero-order valence-electron chi connectivity index (χ0n) is 51.5. The van der Waals surface area contributed by atoms with Gasteiger partial charge in [0, 0.05) is 40.2 Å². The van der Waals surface area contributed by atoms with Gasteiger partial charge in [0.2, 0.25) is 0 Å². The molecule has 1 aliphatic heterocycles. The van der Waals surface area contributed by atoms with Crippen LogP contribution in [0.2, 0.25) is 0 Å². The van der Waals surface area contributed by atoms with E-state index >= 15 is 0 Å². The van der Waals surface area contributed by atoms with E-state index in [9.17, 15) is 28.8 Å². The van der Waals surface area contributed by atoms with Gasteiger partial charge in [0.1, 0.15) is 36.9 Å². The average molecular weight is 1170 g/mol. The van der Waals surface area contributed by atoms with Gasteiger partial charge in [0.25, 0.3) is 0 Å². The van der Waals surface area contributed by atoms with Crippen molar-refractivity contribution in [3.8, 4) is 0 Å². The fraction of sp³-hybridized carbons (Fsp3) is 0.647. The molecule has 468 valence electrons. The van der Waals surface area contributed by atoms with Gasteiger partial charge in [-0.3, -0.25) is 39.0 Å². The van der Waals surface area contributed by atoms with Gasteiger partial charge >= 0.3 is 23.9 Å². The number of nitrogens with zero attached hydrogens (tertiary/aromatic N) is 1. The monoisotopic (exact) mass is 1170 g/mol. The first-order chi connectivity index (χ1) is 40.8. The molecule has 4 rings (SSSR count). The molecule has 0 radical (unpaired) electrons. The van der Waals surface area contributed by atoms with Crippen molar-refractivity contribution in [1.29, 1.82) is 0 Å². The second-order valence-electron chi connectivity index (χ2n) is 22.5. The summed E-state index contributed by atoms with van der Waals surface area (Å²) in [5.41, 5.74) is 2.85. The van der Waals surface area contributed by atoms with Crippen LogP contribution in [-0.4, -0.2) is 123 Å². The summed E-state index contributed by atoms with van der Waals surface area (Å²) in [5, 5.41) is 3.24. The van der Waals surface area contributed by atoms with Crippen molar-refractivity contribution in [3.63, 3.8) is 0 Å². The molecule has 0 bridgehead atoms. The summed E-state index contributed by atoms with van der Waals surface area (Å²) in [4.78, 5) is 81.2. The van der Waals surface area contributed by atoms with Crippen molar-refractivity contribution in [2.45, 2.75) is 245 Å². The molecule has 1 fully saturated rings. The number of esters is 4. The van der Waals surface area contributed by atoms with E-state index in [-0.39, 0.29) is 89.0 Å². The zero-order valence-corrected chi connectivity index (χ0v) is 51.5. The Labute approximate surface area is 502 Å². The van der Waals surface area contributed by atoms with Crippen LogP contribution in [0.4, 0.5) is 0 Å². The zero-order chi connectivity index (χ0) is 60.4. The molecule has 1 saturated heterocycles. The minimum absolute atomic E-state index is 0.00140. The Hall–Kier alpha value is -5.36. The molecule has 84 heavy (non-hydrogen) atoms. The quantitative estimate of drug-likeness (QED) is 0.0319. The average Bonchev–Trinajstić information content (AvgIpc) is 3.64. The molecule has 0 spiro atoms. The number of Topliss-reactive ketones (excluding diaryl/α,β-unsaturated/α-hetero) is 2. The number of rotatable bonds is 48.